The van der Waals surface area contributed by atoms with Gasteiger partial charge in [-0.25, -0.2) is 8.42 Å². The molecule has 0 saturated heterocycles. The molecule has 1 amide bonds. The van der Waals surface area contributed by atoms with Crippen LogP contribution >= 0.6 is 0 Å². The lowest BCUT2D eigenvalue weighted by atomic mass is 10.1. The minimum atomic E-state index is -3.76. The summed E-state index contributed by atoms with van der Waals surface area (Å²) in [6.45, 7) is 1.39. The van der Waals surface area contributed by atoms with Crippen LogP contribution in [0.5, 0.6) is 0 Å². The average Bonchev–Trinajstić information content (AvgIpc) is 2.99. The van der Waals surface area contributed by atoms with Crippen molar-refractivity contribution >= 4 is 49.2 Å². The molecule has 0 saturated carbocycles. The summed E-state index contributed by atoms with van der Waals surface area (Å²) in [6.07, 6.45) is 0. The van der Waals surface area contributed by atoms with E-state index in [0.29, 0.717) is 17.0 Å². The Morgan fingerprint density at radius 2 is 1.52 bits per heavy atom. The van der Waals surface area contributed by atoms with E-state index in [4.69, 9.17) is 4.42 Å². The molecule has 4 aromatic rings. The molecule has 0 unspecified atom stereocenters. The number of para-hydroxylation sites is 1. The van der Waals surface area contributed by atoms with Crippen molar-refractivity contribution in [1.82, 2.24) is 0 Å². The van der Waals surface area contributed by atoms with Gasteiger partial charge in [0.25, 0.3) is 10.0 Å². The molecular weight excluding hydrogens is 364 g/mol. The summed E-state index contributed by atoms with van der Waals surface area (Å²) in [4.78, 5) is 11.2. The van der Waals surface area contributed by atoms with Crippen LogP contribution in [0.15, 0.2) is 76.0 Å². The Hall–Kier alpha value is -3.32. The molecule has 2 N–H and O–H groups in total. The number of rotatable bonds is 4. The maximum absolute atomic E-state index is 12.7. The number of carbonyl (C=O) groups excluding carboxylic acids is 1. The number of hydrogen-bond donors (Lipinski definition) is 2. The van der Waals surface area contributed by atoms with Gasteiger partial charge in [-0.1, -0.05) is 18.2 Å². The van der Waals surface area contributed by atoms with E-state index in [0.717, 1.165) is 16.4 Å². The van der Waals surface area contributed by atoms with E-state index in [1.807, 2.05) is 24.3 Å². The molecule has 27 heavy (non-hydrogen) atoms. The van der Waals surface area contributed by atoms with Crippen molar-refractivity contribution in [2.75, 3.05) is 10.0 Å². The highest BCUT2D eigenvalue weighted by atomic mass is 32.2. The second kappa shape index (κ2) is 6.44. The summed E-state index contributed by atoms with van der Waals surface area (Å²) in [5.74, 6) is -0.218. The minimum absolute atomic E-state index is 0.105. The van der Waals surface area contributed by atoms with Crippen LogP contribution in [-0.2, 0) is 14.8 Å². The lowest BCUT2D eigenvalue weighted by Crippen LogP contribution is -2.13. The van der Waals surface area contributed by atoms with Crippen molar-refractivity contribution in [3.8, 4) is 0 Å². The number of benzene rings is 3. The third-order valence-electron chi connectivity index (χ3n) is 4.11. The zero-order valence-corrected chi connectivity index (χ0v) is 15.2. The van der Waals surface area contributed by atoms with Gasteiger partial charge >= 0.3 is 0 Å². The Kier molecular flexibility index (Phi) is 4.08. The number of sulfonamides is 1. The molecule has 3 aromatic carbocycles. The van der Waals surface area contributed by atoms with Crippen LogP contribution < -0.4 is 10.0 Å². The fraction of sp³-hybridized carbons (Fsp3) is 0.0500. The lowest BCUT2D eigenvalue weighted by Gasteiger charge is -2.09. The Morgan fingerprint density at radius 1 is 0.852 bits per heavy atom. The van der Waals surface area contributed by atoms with Crippen LogP contribution in [0.3, 0.4) is 0 Å². The van der Waals surface area contributed by atoms with Crippen molar-refractivity contribution in [3.63, 3.8) is 0 Å². The molecule has 0 aliphatic heterocycles. The van der Waals surface area contributed by atoms with Gasteiger partial charge in [-0.3, -0.25) is 9.52 Å². The van der Waals surface area contributed by atoms with Crippen molar-refractivity contribution in [1.29, 1.82) is 0 Å². The molecule has 0 aliphatic rings. The first-order chi connectivity index (χ1) is 12.9. The number of carbonyl (C=O) groups is 1. The van der Waals surface area contributed by atoms with Crippen LogP contribution in [-0.4, -0.2) is 14.3 Å². The number of furan rings is 1. The molecule has 4 rings (SSSR count). The number of hydrogen-bond acceptors (Lipinski definition) is 4. The first kappa shape index (κ1) is 17.1. The fourth-order valence-electron chi connectivity index (χ4n) is 2.92. The van der Waals surface area contributed by atoms with E-state index in [1.165, 1.54) is 19.1 Å². The third-order valence-corrected chi connectivity index (χ3v) is 5.51. The van der Waals surface area contributed by atoms with Crippen LogP contribution in [0.1, 0.15) is 6.92 Å². The molecule has 1 heterocycles. The second-order valence-electron chi connectivity index (χ2n) is 6.12. The topological polar surface area (TPSA) is 88.4 Å². The molecule has 7 heteroatoms. The van der Waals surface area contributed by atoms with Gasteiger partial charge in [0.15, 0.2) is 0 Å². The highest BCUT2D eigenvalue weighted by Crippen LogP contribution is 2.31. The third kappa shape index (κ3) is 3.37. The van der Waals surface area contributed by atoms with E-state index < -0.39 is 10.0 Å². The number of anilines is 2. The van der Waals surface area contributed by atoms with Gasteiger partial charge in [-0.2, -0.15) is 0 Å². The Labute approximate surface area is 155 Å². The van der Waals surface area contributed by atoms with Crippen LogP contribution in [0.25, 0.3) is 21.9 Å². The Morgan fingerprint density at radius 3 is 2.26 bits per heavy atom. The maximum Gasteiger partial charge on any atom is 0.261 e. The molecule has 0 spiro atoms. The highest BCUT2D eigenvalue weighted by Gasteiger charge is 2.15. The maximum atomic E-state index is 12.7. The van der Waals surface area contributed by atoms with E-state index in [2.05, 4.69) is 10.0 Å². The van der Waals surface area contributed by atoms with Crippen LogP contribution in [0.4, 0.5) is 11.4 Å². The molecule has 6 nitrogen and oxygen atoms in total. The predicted octanol–water partition coefficient (Wildman–Crippen LogP) is 4.35. The first-order valence-electron chi connectivity index (χ1n) is 8.24. The summed E-state index contributed by atoms with van der Waals surface area (Å²) in [5, 5.41) is 4.37. The van der Waals surface area contributed by atoms with Crippen molar-refractivity contribution in [2.45, 2.75) is 11.8 Å². The second-order valence-corrected chi connectivity index (χ2v) is 7.80. The molecule has 0 atom stereocenters. The van der Waals surface area contributed by atoms with E-state index in [-0.39, 0.29) is 10.8 Å². The van der Waals surface area contributed by atoms with E-state index in [1.54, 1.807) is 30.3 Å². The Bertz CT molecular complexity index is 1260. The van der Waals surface area contributed by atoms with Gasteiger partial charge in [-0.15, -0.1) is 0 Å². The van der Waals surface area contributed by atoms with E-state index >= 15 is 0 Å². The van der Waals surface area contributed by atoms with Gasteiger partial charge in [0.05, 0.1) is 4.90 Å². The number of fused-ring (bicyclic) bond motifs is 3. The SMILES string of the molecule is CC(=O)Nc1ccc(S(=O)(=O)Nc2ccc3oc4ccccc4c3c2)cc1. The van der Waals surface area contributed by atoms with Crippen molar-refractivity contribution in [2.24, 2.45) is 0 Å². The standard InChI is InChI=1S/C20H16N2O4S/c1-13(23)21-14-6-9-16(10-7-14)27(24,25)22-15-8-11-20-18(12-15)17-4-2-3-5-19(17)26-20/h2-12,22H,1H3,(H,21,23). The molecule has 0 radical (unpaired) electrons. The molecule has 0 aliphatic carbocycles. The minimum Gasteiger partial charge on any atom is -0.456 e. The highest BCUT2D eigenvalue weighted by molar-refractivity contribution is 7.92. The van der Waals surface area contributed by atoms with Crippen molar-refractivity contribution in [3.05, 3.63) is 66.7 Å². The largest absolute Gasteiger partial charge is 0.456 e. The zero-order chi connectivity index (χ0) is 19.0. The monoisotopic (exact) mass is 380 g/mol. The quantitative estimate of drug-likeness (QED) is 0.551. The summed E-state index contributed by atoms with van der Waals surface area (Å²) < 4.78 is 33.6. The van der Waals surface area contributed by atoms with Crippen LogP contribution in [0.2, 0.25) is 0 Å². The van der Waals surface area contributed by atoms with Gasteiger partial charge in [0.2, 0.25) is 5.91 Å². The van der Waals surface area contributed by atoms with Gasteiger partial charge in [-0.05, 0) is 48.5 Å². The molecule has 0 bridgehead atoms. The number of amides is 1. The van der Waals surface area contributed by atoms with Gasteiger partial charge in [0, 0.05) is 29.1 Å². The van der Waals surface area contributed by atoms with Gasteiger partial charge < -0.3 is 9.73 Å². The summed E-state index contributed by atoms with van der Waals surface area (Å²) in [5.41, 5.74) is 2.42. The summed E-state index contributed by atoms with van der Waals surface area (Å²) in [6, 6.07) is 18.7. The van der Waals surface area contributed by atoms with Gasteiger partial charge in [0.1, 0.15) is 11.2 Å². The summed E-state index contributed by atoms with van der Waals surface area (Å²) >= 11 is 0. The molecule has 1 aromatic heterocycles. The predicted molar refractivity (Wildman–Crippen MR) is 105 cm³/mol. The summed E-state index contributed by atoms with van der Waals surface area (Å²) in [7, 11) is -3.76. The molecule has 136 valence electrons. The molecular formula is C20H16N2O4S. The smallest absolute Gasteiger partial charge is 0.261 e. The zero-order valence-electron chi connectivity index (χ0n) is 14.4. The van der Waals surface area contributed by atoms with E-state index in [9.17, 15) is 13.2 Å². The fourth-order valence-corrected chi connectivity index (χ4v) is 3.97. The molecule has 0 fully saturated rings. The Balaban J connectivity index is 1.65. The number of nitrogens with one attached hydrogen (secondary N) is 2. The average molecular weight is 380 g/mol. The first-order valence-corrected chi connectivity index (χ1v) is 9.72. The van der Waals surface area contributed by atoms with Crippen LogP contribution in [0, 0.1) is 0 Å². The lowest BCUT2D eigenvalue weighted by molar-refractivity contribution is -0.114. The van der Waals surface area contributed by atoms with Crippen molar-refractivity contribution < 1.29 is 17.6 Å². The normalized spacial score (nSPS) is 11.6.